The minimum atomic E-state index is -2.94. The third-order valence-electron chi connectivity index (χ3n) is 5.72. The van der Waals surface area contributed by atoms with Crippen LogP contribution < -0.4 is 10.7 Å². The third kappa shape index (κ3) is 4.87. The number of aryl methyl sites for hydroxylation is 1. The van der Waals surface area contributed by atoms with Gasteiger partial charge < -0.3 is 5.32 Å². The maximum absolute atomic E-state index is 11.8. The van der Waals surface area contributed by atoms with E-state index in [1.807, 2.05) is 18.5 Å². The van der Waals surface area contributed by atoms with Crippen molar-refractivity contribution in [1.82, 2.24) is 20.5 Å². The standard InChI is InChI=1S/C18H29N5O2S2/c1-12-6-4-5-7-17(12)20-18(26)21-19-10-16-13(2)22-23(14(16)3)15-8-9-27(24,25)11-15/h10,12,15,17H,4-9,11H2,1-3H3,(H2,20,21,26)/b19-10-/t12-,15-,17-/m0/s1. The van der Waals surface area contributed by atoms with E-state index in [0.29, 0.717) is 23.5 Å². The highest BCUT2D eigenvalue weighted by molar-refractivity contribution is 7.91. The van der Waals surface area contributed by atoms with E-state index in [1.165, 1.54) is 19.3 Å². The summed E-state index contributed by atoms with van der Waals surface area (Å²) in [5.74, 6) is 1.02. The molecule has 0 spiro atoms. The summed E-state index contributed by atoms with van der Waals surface area (Å²) >= 11 is 5.36. The van der Waals surface area contributed by atoms with Gasteiger partial charge in [0, 0.05) is 17.3 Å². The monoisotopic (exact) mass is 411 g/mol. The molecule has 0 amide bonds. The number of nitrogens with one attached hydrogen (secondary N) is 2. The smallest absolute Gasteiger partial charge is 0.187 e. The predicted octanol–water partition coefficient (Wildman–Crippen LogP) is 2.24. The minimum Gasteiger partial charge on any atom is -0.358 e. The SMILES string of the molecule is Cc1nn([C@H]2CCS(=O)(=O)C2)c(C)c1/C=N\NC(=S)N[C@H]1CCCC[C@@H]1C. The van der Waals surface area contributed by atoms with Crippen LogP contribution in [0.5, 0.6) is 0 Å². The molecule has 1 aromatic heterocycles. The predicted molar refractivity (Wildman–Crippen MR) is 112 cm³/mol. The van der Waals surface area contributed by atoms with Crippen molar-refractivity contribution >= 4 is 33.4 Å². The fourth-order valence-electron chi connectivity index (χ4n) is 4.07. The number of rotatable bonds is 4. The Bertz CT molecular complexity index is 831. The van der Waals surface area contributed by atoms with Gasteiger partial charge in [-0.25, -0.2) is 8.42 Å². The molecule has 2 fully saturated rings. The number of hydrogen-bond donors (Lipinski definition) is 2. The molecule has 1 aromatic rings. The Morgan fingerprint density at radius 2 is 2.04 bits per heavy atom. The number of nitrogens with zero attached hydrogens (tertiary/aromatic N) is 3. The van der Waals surface area contributed by atoms with E-state index in [4.69, 9.17) is 12.2 Å². The number of sulfone groups is 1. The maximum Gasteiger partial charge on any atom is 0.187 e. The molecular weight excluding hydrogens is 382 g/mol. The summed E-state index contributed by atoms with van der Waals surface area (Å²) < 4.78 is 25.3. The van der Waals surface area contributed by atoms with Gasteiger partial charge in [-0.05, 0) is 51.2 Å². The van der Waals surface area contributed by atoms with Crippen LogP contribution in [-0.2, 0) is 9.84 Å². The molecule has 1 aliphatic carbocycles. The average molecular weight is 412 g/mol. The second-order valence-electron chi connectivity index (χ2n) is 7.80. The van der Waals surface area contributed by atoms with E-state index >= 15 is 0 Å². The van der Waals surface area contributed by atoms with Gasteiger partial charge in [-0.2, -0.15) is 10.2 Å². The quantitative estimate of drug-likeness (QED) is 0.449. The van der Waals surface area contributed by atoms with E-state index in [-0.39, 0.29) is 17.5 Å². The van der Waals surface area contributed by atoms with E-state index in [2.05, 4.69) is 27.9 Å². The Morgan fingerprint density at radius 1 is 1.30 bits per heavy atom. The zero-order chi connectivity index (χ0) is 19.6. The molecule has 1 saturated carbocycles. The number of thiocarbonyl (C=S) groups is 1. The first kappa shape index (κ1) is 20.3. The van der Waals surface area contributed by atoms with Gasteiger partial charge in [0.2, 0.25) is 0 Å². The lowest BCUT2D eigenvalue weighted by Crippen LogP contribution is -2.44. The van der Waals surface area contributed by atoms with Crippen LogP contribution in [0.3, 0.4) is 0 Å². The molecule has 9 heteroatoms. The molecule has 0 radical (unpaired) electrons. The summed E-state index contributed by atoms with van der Waals surface area (Å²) in [4.78, 5) is 0. The van der Waals surface area contributed by atoms with E-state index < -0.39 is 9.84 Å². The zero-order valence-electron chi connectivity index (χ0n) is 16.2. The van der Waals surface area contributed by atoms with Gasteiger partial charge in [0.15, 0.2) is 14.9 Å². The topological polar surface area (TPSA) is 88.4 Å². The molecule has 2 aliphatic rings. The molecule has 0 unspecified atom stereocenters. The summed E-state index contributed by atoms with van der Waals surface area (Å²) in [6.07, 6.45) is 7.24. The Morgan fingerprint density at radius 3 is 2.70 bits per heavy atom. The van der Waals surface area contributed by atoms with E-state index in [1.54, 1.807) is 6.21 Å². The maximum atomic E-state index is 11.8. The molecule has 150 valence electrons. The van der Waals surface area contributed by atoms with Crippen molar-refractivity contribution in [1.29, 1.82) is 0 Å². The Balaban J connectivity index is 1.61. The van der Waals surface area contributed by atoms with Crippen molar-refractivity contribution in [2.24, 2.45) is 11.0 Å². The number of aromatic nitrogens is 2. The van der Waals surface area contributed by atoms with Crippen molar-refractivity contribution in [3.63, 3.8) is 0 Å². The molecule has 27 heavy (non-hydrogen) atoms. The molecule has 2 N–H and O–H groups in total. The lowest BCUT2D eigenvalue weighted by Gasteiger charge is -2.30. The highest BCUT2D eigenvalue weighted by Crippen LogP contribution is 2.26. The lowest BCUT2D eigenvalue weighted by atomic mass is 9.86. The molecule has 3 rings (SSSR count). The van der Waals surface area contributed by atoms with Crippen molar-refractivity contribution < 1.29 is 8.42 Å². The highest BCUT2D eigenvalue weighted by atomic mass is 32.2. The second kappa shape index (κ2) is 8.26. The fraction of sp³-hybridized carbons (Fsp3) is 0.722. The summed E-state index contributed by atoms with van der Waals surface area (Å²) in [7, 11) is -2.94. The summed E-state index contributed by atoms with van der Waals surface area (Å²) in [6, 6.07) is 0.323. The third-order valence-corrected chi connectivity index (χ3v) is 7.68. The van der Waals surface area contributed by atoms with Crippen LogP contribution in [0.1, 0.15) is 62.0 Å². The molecule has 2 heterocycles. The number of hydrogen-bond acceptors (Lipinski definition) is 5. The Labute approximate surface area is 166 Å². The van der Waals surface area contributed by atoms with Gasteiger partial charge >= 0.3 is 0 Å². The van der Waals surface area contributed by atoms with Crippen LogP contribution in [0.15, 0.2) is 5.10 Å². The fourth-order valence-corrected chi connectivity index (χ4v) is 5.97. The first-order valence-corrected chi connectivity index (χ1v) is 11.9. The average Bonchev–Trinajstić information content (AvgIpc) is 3.10. The van der Waals surface area contributed by atoms with Crippen molar-refractivity contribution in [2.75, 3.05) is 11.5 Å². The van der Waals surface area contributed by atoms with Crippen LogP contribution in [-0.4, -0.2) is 47.1 Å². The van der Waals surface area contributed by atoms with Crippen LogP contribution in [0.25, 0.3) is 0 Å². The highest BCUT2D eigenvalue weighted by Gasteiger charge is 2.31. The van der Waals surface area contributed by atoms with Gasteiger partial charge in [0.1, 0.15) is 0 Å². The molecule has 3 atom stereocenters. The minimum absolute atomic E-state index is 0.0839. The Hall–Kier alpha value is -1.48. The Kier molecular flexibility index (Phi) is 6.20. The summed E-state index contributed by atoms with van der Waals surface area (Å²) in [6.45, 7) is 6.12. The molecule has 0 aromatic carbocycles. The molecular formula is C18H29N5O2S2. The van der Waals surface area contributed by atoms with E-state index in [0.717, 1.165) is 23.4 Å². The molecule has 0 bridgehead atoms. The van der Waals surface area contributed by atoms with E-state index in [9.17, 15) is 8.42 Å². The van der Waals surface area contributed by atoms with Gasteiger partial charge in [0.05, 0.1) is 29.5 Å². The van der Waals surface area contributed by atoms with Crippen LogP contribution >= 0.6 is 12.2 Å². The zero-order valence-corrected chi connectivity index (χ0v) is 17.9. The van der Waals surface area contributed by atoms with Crippen LogP contribution in [0, 0.1) is 19.8 Å². The van der Waals surface area contributed by atoms with Gasteiger partial charge in [0.25, 0.3) is 0 Å². The molecule has 1 aliphatic heterocycles. The summed E-state index contributed by atoms with van der Waals surface area (Å²) in [5, 5.41) is 12.7. The number of hydrazone groups is 1. The lowest BCUT2D eigenvalue weighted by molar-refractivity contribution is 0.308. The van der Waals surface area contributed by atoms with Crippen molar-refractivity contribution in [3.05, 3.63) is 17.0 Å². The second-order valence-corrected chi connectivity index (χ2v) is 10.4. The van der Waals surface area contributed by atoms with Crippen molar-refractivity contribution in [2.45, 2.75) is 65.0 Å². The largest absolute Gasteiger partial charge is 0.358 e. The van der Waals surface area contributed by atoms with Gasteiger partial charge in [-0.3, -0.25) is 10.1 Å². The normalized spacial score (nSPS) is 27.7. The van der Waals surface area contributed by atoms with Gasteiger partial charge in [-0.15, -0.1) is 0 Å². The molecule has 7 nitrogen and oxygen atoms in total. The van der Waals surface area contributed by atoms with Gasteiger partial charge in [-0.1, -0.05) is 19.8 Å². The first-order valence-electron chi connectivity index (χ1n) is 9.62. The molecule has 1 saturated heterocycles. The summed E-state index contributed by atoms with van der Waals surface area (Å²) in [5.41, 5.74) is 5.57. The van der Waals surface area contributed by atoms with Crippen LogP contribution in [0.2, 0.25) is 0 Å². The first-order chi connectivity index (χ1) is 12.8. The van der Waals surface area contributed by atoms with Crippen LogP contribution in [0.4, 0.5) is 0 Å². The van der Waals surface area contributed by atoms with Crippen molar-refractivity contribution in [3.8, 4) is 0 Å².